The number of hydrogen-bond donors (Lipinski definition) is 3. The highest BCUT2D eigenvalue weighted by molar-refractivity contribution is 4.75. The lowest BCUT2D eigenvalue weighted by Gasteiger charge is -2.22. The minimum atomic E-state index is -2.98. The van der Waals surface area contributed by atoms with E-state index in [0.29, 0.717) is 0 Å². The Morgan fingerprint density at radius 2 is 2.17 bits per heavy atom. The van der Waals surface area contributed by atoms with E-state index in [1.807, 2.05) is 7.05 Å². The molecule has 0 aromatic heterocycles. The molecule has 1 saturated heterocycles. The van der Waals surface area contributed by atoms with Gasteiger partial charge in [-0.3, -0.25) is 0 Å². The number of likely N-dealkylation sites (tertiary alicyclic amines) is 1. The van der Waals surface area contributed by atoms with Crippen molar-refractivity contribution in [2.45, 2.75) is 25.0 Å². The lowest BCUT2D eigenvalue weighted by atomic mass is 10.2. The van der Waals surface area contributed by atoms with Crippen LogP contribution in [0.1, 0.15) is 12.8 Å². The number of ether oxygens (including phenoxy) is 1. The smallest absolute Gasteiger partial charge is 0.319 e. The zero-order valence-corrected chi connectivity index (χ0v) is 7.10. The zero-order valence-electron chi connectivity index (χ0n) is 7.10. The molecule has 72 valence electrons. The summed E-state index contributed by atoms with van der Waals surface area (Å²) in [5.74, 6) is 0. The molecule has 3 N–H and O–H groups in total. The average molecular weight is 177 g/mol. The fourth-order valence-corrected chi connectivity index (χ4v) is 1.40. The van der Waals surface area contributed by atoms with Crippen molar-refractivity contribution in [3.05, 3.63) is 0 Å². The van der Waals surface area contributed by atoms with E-state index in [2.05, 4.69) is 9.64 Å². The first-order chi connectivity index (χ1) is 5.49. The van der Waals surface area contributed by atoms with Crippen molar-refractivity contribution < 1.29 is 20.1 Å². The molecule has 0 saturated carbocycles. The van der Waals surface area contributed by atoms with E-state index in [-0.39, 0.29) is 12.6 Å². The van der Waals surface area contributed by atoms with Crippen LogP contribution < -0.4 is 0 Å². The third-order valence-electron chi connectivity index (χ3n) is 2.14. The molecule has 0 bridgehead atoms. The molecule has 0 amide bonds. The number of nitrogens with zero attached hydrogens (tertiary/aromatic N) is 1. The van der Waals surface area contributed by atoms with E-state index in [9.17, 15) is 0 Å². The maximum absolute atomic E-state index is 8.43. The maximum Gasteiger partial charge on any atom is 0.405 e. The van der Waals surface area contributed by atoms with Gasteiger partial charge in [0.25, 0.3) is 0 Å². The van der Waals surface area contributed by atoms with Crippen LogP contribution in [0.2, 0.25) is 0 Å². The summed E-state index contributed by atoms with van der Waals surface area (Å²) in [6.07, 6.45) is -0.935. The second-order valence-electron chi connectivity index (χ2n) is 3.16. The number of rotatable bonds is 3. The zero-order chi connectivity index (χ0) is 9.19. The van der Waals surface area contributed by atoms with Crippen LogP contribution in [0, 0.1) is 0 Å². The third-order valence-corrected chi connectivity index (χ3v) is 2.14. The molecule has 0 spiro atoms. The summed E-state index contributed by atoms with van der Waals surface area (Å²) in [6, 6.07) is 0.177. The van der Waals surface area contributed by atoms with Gasteiger partial charge in [0.1, 0.15) is 0 Å². The van der Waals surface area contributed by atoms with Crippen LogP contribution >= 0.6 is 0 Å². The number of hydrogen-bond acceptors (Lipinski definition) is 5. The van der Waals surface area contributed by atoms with Crippen LogP contribution in [0.15, 0.2) is 0 Å². The van der Waals surface area contributed by atoms with Gasteiger partial charge in [-0.2, -0.15) is 0 Å². The molecule has 1 rings (SSSR count). The highest BCUT2D eigenvalue weighted by Crippen LogP contribution is 2.15. The lowest BCUT2D eigenvalue weighted by Crippen LogP contribution is -2.38. The van der Waals surface area contributed by atoms with Gasteiger partial charge in [0.15, 0.2) is 0 Å². The first-order valence-electron chi connectivity index (χ1n) is 4.00. The first-order valence-corrected chi connectivity index (χ1v) is 4.00. The minimum absolute atomic E-state index is 0.139. The SMILES string of the molecule is CN1CCCC1COC(O)(O)O. The average Bonchev–Trinajstić information content (AvgIpc) is 2.29. The molecule has 1 fully saturated rings. The Morgan fingerprint density at radius 3 is 2.58 bits per heavy atom. The molecule has 12 heavy (non-hydrogen) atoms. The normalized spacial score (nSPS) is 26.5. The standard InChI is InChI=1S/C7H15NO4/c1-8-4-2-3-6(8)5-12-7(9,10)11/h6,9-11H,2-5H2,1H3. The molecule has 5 heteroatoms. The maximum atomic E-state index is 8.43. The van der Waals surface area contributed by atoms with Gasteiger partial charge in [-0.15, -0.1) is 0 Å². The van der Waals surface area contributed by atoms with Gasteiger partial charge in [0.05, 0.1) is 6.61 Å². The van der Waals surface area contributed by atoms with Crippen molar-refractivity contribution in [3.63, 3.8) is 0 Å². The molecule has 0 aromatic carbocycles. The monoisotopic (exact) mass is 177 g/mol. The Kier molecular flexibility index (Phi) is 3.03. The van der Waals surface area contributed by atoms with Gasteiger partial charge in [-0.25, -0.2) is 0 Å². The molecule has 0 radical (unpaired) electrons. The van der Waals surface area contributed by atoms with Crippen molar-refractivity contribution in [3.8, 4) is 0 Å². The van der Waals surface area contributed by atoms with Crippen LogP contribution in [-0.2, 0) is 4.74 Å². The van der Waals surface area contributed by atoms with Gasteiger partial charge in [-0.05, 0) is 26.4 Å². The van der Waals surface area contributed by atoms with Crippen LogP contribution in [0.3, 0.4) is 0 Å². The van der Waals surface area contributed by atoms with E-state index < -0.39 is 6.16 Å². The van der Waals surface area contributed by atoms with Crippen molar-refractivity contribution in [1.29, 1.82) is 0 Å². The highest BCUT2D eigenvalue weighted by atomic mass is 16.9. The Morgan fingerprint density at radius 1 is 1.50 bits per heavy atom. The van der Waals surface area contributed by atoms with Crippen LogP contribution in [0.4, 0.5) is 0 Å². The summed E-state index contributed by atoms with van der Waals surface area (Å²) < 4.78 is 4.41. The van der Waals surface area contributed by atoms with Crippen molar-refractivity contribution in [2.75, 3.05) is 20.2 Å². The first kappa shape index (κ1) is 9.88. The molecule has 1 aliphatic rings. The summed E-state index contributed by atoms with van der Waals surface area (Å²) in [4.78, 5) is 2.06. The Hall–Kier alpha value is -0.200. The summed E-state index contributed by atoms with van der Waals surface area (Å²) in [7, 11) is 1.94. The van der Waals surface area contributed by atoms with Gasteiger partial charge in [0, 0.05) is 6.04 Å². The molecule has 1 aliphatic heterocycles. The van der Waals surface area contributed by atoms with E-state index in [1.165, 1.54) is 0 Å². The van der Waals surface area contributed by atoms with E-state index >= 15 is 0 Å². The molecule has 1 unspecified atom stereocenters. The number of likely N-dealkylation sites (N-methyl/N-ethyl adjacent to an activating group) is 1. The number of aliphatic hydroxyl groups is 3. The molecular formula is C7H15NO4. The topological polar surface area (TPSA) is 73.2 Å². The van der Waals surface area contributed by atoms with E-state index in [0.717, 1.165) is 19.4 Å². The highest BCUT2D eigenvalue weighted by Gasteiger charge is 2.26. The second-order valence-corrected chi connectivity index (χ2v) is 3.16. The van der Waals surface area contributed by atoms with Gasteiger partial charge in [-0.1, -0.05) is 0 Å². The molecule has 1 atom stereocenters. The quantitative estimate of drug-likeness (QED) is 0.467. The largest absolute Gasteiger partial charge is 0.405 e. The summed E-state index contributed by atoms with van der Waals surface area (Å²) >= 11 is 0. The molecule has 0 aromatic rings. The second kappa shape index (κ2) is 3.68. The Labute approximate surface area is 71.2 Å². The van der Waals surface area contributed by atoms with Gasteiger partial charge in [0.2, 0.25) is 0 Å². The van der Waals surface area contributed by atoms with Crippen molar-refractivity contribution >= 4 is 0 Å². The third kappa shape index (κ3) is 3.04. The molecular weight excluding hydrogens is 162 g/mol. The lowest BCUT2D eigenvalue weighted by molar-refractivity contribution is -0.455. The predicted octanol–water partition coefficient (Wildman–Crippen LogP) is -1.31. The van der Waals surface area contributed by atoms with E-state index in [1.54, 1.807) is 0 Å². The molecule has 5 nitrogen and oxygen atoms in total. The van der Waals surface area contributed by atoms with E-state index in [4.69, 9.17) is 15.3 Å². The van der Waals surface area contributed by atoms with Crippen molar-refractivity contribution in [2.24, 2.45) is 0 Å². The summed E-state index contributed by atoms with van der Waals surface area (Å²) in [5, 5.41) is 25.3. The summed E-state index contributed by atoms with van der Waals surface area (Å²) in [6.45, 7) is 1.13. The fourth-order valence-electron chi connectivity index (χ4n) is 1.40. The fraction of sp³-hybridized carbons (Fsp3) is 1.00. The minimum Gasteiger partial charge on any atom is -0.319 e. The van der Waals surface area contributed by atoms with Crippen LogP contribution in [-0.4, -0.2) is 52.6 Å². The van der Waals surface area contributed by atoms with Gasteiger partial charge < -0.3 is 25.0 Å². The molecule has 1 heterocycles. The van der Waals surface area contributed by atoms with Crippen LogP contribution in [0.5, 0.6) is 0 Å². The van der Waals surface area contributed by atoms with Gasteiger partial charge >= 0.3 is 6.16 Å². The van der Waals surface area contributed by atoms with Crippen LogP contribution in [0.25, 0.3) is 0 Å². The predicted molar refractivity (Wildman–Crippen MR) is 41.0 cm³/mol. The Balaban J connectivity index is 2.23. The summed E-state index contributed by atoms with van der Waals surface area (Å²) in [5.41, 5.74) is 0. The molecule has 0 aliphatic carbocycles. The van der Waals surface area contributed by atoms with Crippen molar-refractivity contribution in [1.82, 2.24) is 4.90 Å². The Bertz CT molecular complexity index is 145.